The van der Waals surface area contributed by atoms with Crippen LogP contribution in [0.3, 0.4) is 0 Å². The van der Waals surface area contributed by atoms with Gasteiger partial charge in [-0.25, -0.2) is 0 Å². The van der Waals surface area contributed by atoms with Crippen molar-refractivity contribution in [2.75, 3.05) is 0 Å². The first-order valence-corrected chi connectivity index (χ1v) is 9.69. The van der Waals surface area contributed by atoms with Crippen molar-refractivity contribution in [3.63, 3.8) is 0 Å². The van der Waals surface area contributed by atoms with Crippen molar-refractivity contribution in [1.29, 1.82) is 0 Å². The Morgan fingerprint density at radius 3 is 2.45 bits per heavy atom. The summed E-state index contributed by atoms with van der Waals surface area (Å²) in [5.41, 5.74) is 0.897. The van der Waals surface area contributed by atoms with Crippen molar-refractivity contribution in [3.05, 3.63) is 0 Å². The van der Waals surface area contributed by atoms with E-state index in [2.05, 4.69) is 20.8 Å². The maximum absolute atomic E-state index is 2.46. The largest absolute Gasteiger partial charge is 0.0651 e. The minimum Gasteiger partial charge on any atom is -0.0651 e. The highest BCUT2D eigenvalue weighted by molar-refractivity contribution is 5.22. The van der Waals surface area contributed by atoms with Crippen LogP contribution in [0.25, 0.3) is 0 Å². The SMILES string of the molecule is CCC(CC[C@H](C)CC)[C@@H]1CC12CC(C1CC1)C1CC12. The van der Waals surface area contributed by atoms with Gasteiger partial charge in [-0.3, -0.25) is 0 Å². The van der Waals surface area contributed by atoms with E-state index in [0.29, 0.717) is 0 Å². The lowest BCUT2D eigenvalue weighted by molar-refractivity contribution is 0.273. The lowest BCUT2D eigenvalue weighted by Crippen LogP contribution is -2.14. The summed E-state index contributed by atoms with van der Waals surface area (Å²) in [6.45, 7) is 7.27. The van der Waals surface area contributed by atoms with E-state index in [9.17, 15) is 0 Å². The minimum atomic E-state index is 0.897. The quantitative estimate of drug-likeness (QED) is 0.541. The van der Waals surface area contributed by atoms with E-state index in [-0.39, 0.29) is 0 Å². The van der Waals surface area contributed by atoms with E-state index in [1.807, 2.05) is 0 Å². The van der Waals surface area contributed by atoms with E-state index in [0.717, 1.165) is 23.2 Å². The monoisotopic (exact) mass is 274 g/mol. The number of rotatable bonds is 7. The predicted molar refractivity (Wildman–Crippen MR) is 85.4 cm³/mol. The maximum Gasteiger partial charge on any atom is -0.0229 e. The topological polar surface area (TPSA) is 0 Å². The first-order chi connectivity index (χ1) is 9.69. The second-order valence-electron chi connectivity index (χ2n) is 9.01. The van der Waals surface area contributed by atoms with Crippen LogP contribution in [0.2, 0.25) is 0 Å². The molecule has 5 unspecified atom stereocenters. The molecule has 114 valence electrons. The van der Waals surface area contributed by atoms with Gasteiger partial charge in [-0.05, 0) is 85.4 Å². The van der Waals surface area contributed by atoms with Gasteiger partial charge in [0.05, 0.1) is 0 Å². The van der Waals surface area contributed by atoms with Crippen molar-refractivity contribution in [2.24, 2.45) is 46.8 Å². The number of hydrogen-bond donors (Lipinski definition) is 0. The summed E-state index contributed by atoms with van der Waals surface area (Å²) < 4.78 is 0. The van der Waals surface area contributed by atoms with Gasteiger partial charge in [-0.2, -0.15) is 0 Å². The smallest absolute Gasteiger partial charge is 0.0229 e. The fraction of sp³-hybridized carbons (Fsp3) is 1.00. The summed E-state index contributed by atoms with van der Waals surface area (Å²) in [5, 5.41) is 0. The lowest BCUT2D eigenvalue weighted by Gasteiger charge is -2.22. The molecule has 4 aliphatic rings. The molecule has 7 atom stereocenters. The van der Waals surface area contributed by atoms with E-state index in [1.54, 1.807) is 32.1 Å². The van der Waals surface area contributed by atoms with Crippen LogP contribution in [-0.2, 0) is 0 Å². The molecule has 0 bridgehead atoms. The van der Waals surface area contributed by atoms with Crippen LogP contribution in [0.4, 0.5) is 0 Å². The molecule has 4 saturated carbocycles. The average molecular weight is 274 g/mol. The Labute approximate surface area is 126 Å². The number of hydrogen-bond acceptors (Lipinski definition) is 0. The molecule has 0 amide bonds. The van der Waals surface area contributed by atoms with Gasteiger partial charge in [-0.1, -0.05) is 40.0 Å². The Balaban J connectivity index is 1.36. The molecule has 4 rings (SSSR count). The fourth-order valence-corrected chi connectivity index (χ4v) is 6.17. The molecule has 0 N–H and O–H groups in total. The van der Waals surface area contributed by atoms with Gasteiger partial charge in [0.15, 0.2) is 0 Å². The molecule has 0 aromatic carbocycles. The third kappa shape index (κ3) is 2.08. The predicted octanol–water partition coefficient (Wildman–Crippen LogP) is 5.91. The molecule has 20 heavy (non-hydrogen) atoms. The van der Waals surface area contributed by atoms with Crippen molar-refractivity contribution in [3.8, 4) is 0 Å². The molecule has 0 nitrogen and oxygen atoms in total. The Hall–Kier alpha value is 0. The van der Waals surface area contributed by atoms with Crippen molar-refractivity contribution in [2.45, 2.75) is 78.6 Å². The molecule has 0 aliphatic heterocycles. The van der Waals surface area contributed by atoms with Crippen molar-refractivity contribution < 1.29 is 0 Å². The standard InChI is InChI=1S/C20H34/c1-4-13(3)6-7-14(5-2)19-12-20(19)11-17(15-8-9-15)16-10-18(16)20/h13-19H,4-12H2,1-3H3/t13-,14?,16?,17?,18?,19+,20?/m1/s1. The summed E-state index contributed by atoms with van der Waals surface area (Å²) in [6.07, 6.45) is 14.0. The summed E-state index contributed by atoms with van der Waals surface area (Å²) in [7, 11) is 0. The van der Waals surface area contributed by atoms with Crippen LogP contribution in [-0.4, -0.2) is 0 Å². The average Bonchev–Trinajstić information content (AvgIpc) is 3.31. The van der Waals surface area contributed by atoms with Gasteiger partial charge < -0.3 is 0 Å². The minimum absolute atomic E-state index is 0.897. The molecule has 4 fully saturated rings. The normalized spacial score (nSPS) is 48.1. The van der Waals surface area contributed by atoms with Crippen LogP contribution in [0, 0.1) is 46.8 Å². The highest BCUT2D eigenvalue weighted by Crippen LogP contribution is 2.81. The zero-order valence-electron chi connectivity index (χ0n) is 13.9. The summed E-state index contributed by atoms with van der Waals surface area (Å²) >= 11 is 0. The summed E-state index contributed by atoms with van der Waals surface area (Å²) in [5.74, 6) is 7.96. The van der Waals surface area contributed by atoms with Crippen LogP contribution in [0.5, 0.6) is 0 Å². The van der Waals surface area contributed by atoms with Gasteiger partial charge in [0, 0.05) is 0 Å². The Kier molecular flexibility index (Phi) is 3.24. The Bertz CT molecular complexity index is 368. The molecule has 0 heteroatoms. The van der Waals surface area contributed by atoms with Gasteiger partial charge in [-0.15, -0.1) is 0 Å². The maximum atomic E-state index is 2.46. The highest BCUT2D eigenvalue weighted by atomic mass is 14.8. The van der Waals surface area contributed by atoms with Gasteiger partial charge in [0.25, 0.3) is 0 Å². The first-order valence-electron chi connectivity index (χ1n) is 9.69. The van der Waals surface area contributed by atoms with E-state index >= 15 is 0 Å². The van der Waals surface area contributed by atoms with Gasteiger partial charge in [0.2, 0.25) is 0 Å². The van der Waals surface area contributed by atoms with Crippen molar-refractivity contribution in [1.82, 2.24) is 0 Å². The van der Waals surface area contributed by atoms with Crippen LogP contribution < -0.4 is 0 Å². The lowest BCUT2D eigenvalue weighted by atomic mass is 9.83. The second kappa shape index (κ2) is 4.75. The van der Waals surface area contributed by atoms with E-state index < -0.39 is 0 Å². The third-order valence-corrected chi connectivity index (χ3v) is 7.97. The Morgan fingerprint density at radius 2 is 1.80 bits per heavy atom. The molecular weight excluding hydrogens is 240 g/mol. The zero-order chi connectivity index (χ0) is 13.9. The molecular formula is C20H34. The molecule has 0 radical (unpaired) electrons. The Morgan fingerprint density at radius 1 is 1.00 bits per heavy atom. The fourth-order valence-electron chi connectivity index (χ4n) is 6.17. The van der Waals surface area contributed by atoms with Crippen LogP contribution >= 0.6 is 0 Å². The van der Waals surface area contributed by atoms with Gasteiger partial charge in [0.1, 0.15) is 0 Å². The highest BCUT2D eigenvalue weighted by Gasteiger charge is 2.73. The van der Waals surface area contributed by atoms with Gasteiger partial charge >= 0.3 is 0 Å². The zero-order valence-corrected chi connectivity index (χ0v) is 13.9. The molecule has 0 aromatic heterocycles. The molecule has 0 aromatic rings. The van der Waals surface area contributed by atoms with Crippen molar-refractivity contribution >= 4 is 0 Å². The van der Waals surface area contributed by atoms with Crippen LogP contribution in [0.15, 0.2) is 0 Å². The van der Waals surface area contributed by atoms with E-state index in [1.165, 1.54) is 49.4 Å². The molecule has 0 heterocycles. The van der Waals surface area contributed by atoms with Crippen LogP contribution in [0.1, 0.15) is 78.6 Å². The molecule has 1 spiro atoms. The van der Waals surface area contributed by atoms with E-state index in [4.69, 9.17) is 0 Å². The molecule has 0 saturated heterocycles. The first kappa shape index (κ1) is 13.6. The summed E-state index contributed by atoms with van der Waals surface area (Å²) in [6, 6.07) is 0. The number of fused-ring (bicyclic) bond motifs is 2. The second-order valence-corrected chi connectivity index (χ2v) is 9.01. The third-order valence-electron chi connectivity index (χ3n) is 7.97. The summed E-state index contributed by atoms with van der Waals surface area (Å²) in [4.78, 5) is 0. The molecule has 4 aliphatic carbocycles.